The van der Waals surface area contributed by atoms with Crippen LogP contribution < -0.4 is 4.72 Å². The lowest BCUT2D eigenvalue weighted by Crippen LogP contribution is -2.14. The van der Waals surface area contributed by atoms with Crippen molar-refractivity contribution in [2.24, 2.45) is 0 Å². The van der Waals surface area contributed by atoms with Crippen molar-refractivity contribution in [3.63, 3.8) is 0 Å². The summed E-state index contributed by atoms with van der Waals surface area (Å²) in [5, 5.41) is 8.87. The Hall–Kier alpha value is -2.58. The summed E-state index contributed by atoms with van der Waals surface area (Å²) >= 11 is 5.92. The second kappa shape index (κ2) is 4.97. The number of benzene rings is 1. The predicted molar refractivity (Wildman–Crippen MR) is 87.1 cm³/mol. The number of H-pyrrole nitrogens is 1. The van der Waals surface area contributed by atoms with Crippen molar-refractivity contribution in [2.75, 3.05) is 4.72 Å². The molecule has 0 atom stereocenters. The maximum Gasteiger partial charge on any atom is 0.266 e. The normalized spacial score (nSPS) is 12.0. The Morgan fingerprint density at radius 2 is 2.04 bits per heavy atom. The van der Waals surface area contributed by atoms with Gasteiger partial charge in [-0.1, -0.05) is 17.7 Å². The maximum absolute atomic E-state index is 12.7. The van der Waals surface area contributed by atoms with E-state index in [-0.39, 0.29) is 10.8 Å². The first-order valence-corrected chi connectivity index (χ1v) is 8.50. The molecule has 0 aliphatic heterocycles. The van der Waals surface area contributed by atoms with E-state index in [2.05, 4.69) is 19.9 Å². The molecule has 2 N–H and O–H groups in total. The van der Waals surface area contributed by atoms with E-state index in [1.807, 2.05) is 0 Å². The minimum Gasteiger partial charge on any atom is -0.360 e. The van der Waals surface area contributed by atoms with Crippen molar-refractivity contribution in [1.82, 2.24) is 19.6 Å². The van der Waals surface area contributed by atoms with Crippen LogP contribution >= 0.6 is 11.6 Å². The third-order valence-corrected chi connectivity index (χ3v) is 5.04. The standard InChI is InChI=1S/C14H10ClN5O2S/c15-9-4-5-10-11(7-9)16-8-12(10)23(21,22)19-14-18-17-13-3-1-2-6-20(13)14/h1-8,16H,(H,18,19). The molecule has 4 rings (SSSR count). The summed E-state index contributed by atoms with van der Waals surface area (Å²) in [6, 6.07) is 10.3. The number of hydrogen-bond acceptors (Lipinski definition) is 4. The van der Waals surface area contributed by atoms with Gasteiger partial charge in [-0.05, 0) is 30.3 Å². The second-order valence-corrected chi connectivity index (χ2v) is 6.99. The van der Waals surface area contributed by atoms with Crippen molar-refractivity contribution in [3.8, 4) is 0 Å². The Morgan fingerprint density at radius 3 is 2.91 bits per heavy atom. The molecular weight excluding hydrogens is 338 g/mol. The fraction of sp³-hybridized carbons (Fsp3) is 0. The van der Waals surface area contributed by atoms with Gasteiger partial charge in [-0.3, -0.25) is 4.40 Å². The summed E-state index contributed by atoms with van der Waals surface area (Å²) in [4.78, 5) is 3.03. The molecule has 3 heterocycles. The minimum absolute atomic E-state index is 0.122. The van der Waals surface area contributed by atoms with E-state index in [4.69, 9.17) is 11.6 Å². The molecular formula is C14H10ClN5O2S. The molecule has 4 aromatic rings. The molecule has 0 unspecified atom stereocenters. The highest BCUT2D eigenvalue weighted by Crippen LogP contribution is 2.26. The van der Waals surface area contributed by atoms with Crippen molar-refractivity contribution in [3.05, 3.63) is 53.8 Å². The molecule has 0 aliphatic carbocycles. The SMILES string of the molecule is O=S(=O)(Nc1nnc2ccccn12)c1c[nH]c2cc(Cl)ccc12. The maximum atomic E-state index is 12.7. The van der Waals surface area contributed by atoms with Gasteiger partial charge in [-0.25, -0.2) is 13.1 Å². The number of aromatic amines is 1. The zero-order chi connectivity index (χ0) is 16.0. The summed E-state index contributed by atoms with van der Waals surface area (Å²) in [7, 11) is -3.82. The zero-order valence-corrected chi connectivity index (χ0v) is 13.1. The third-order valence-electron chi connectivity index (χ3n) is 3.43. The lowest BCUT2D eigenvalue weighted by atomic mass is 10.2. The fourth-order valence-electron chi connectivity index (χ4n) is 2.38. The molecule has 7 nitrogen and oxygen atoms in total. The molecule has 3 aromatic heterocycles. The molecule has 9 heteroatoms. The fourth-order valence-corrected chi connectivity index (χ4v) is 3.72. The Labute approximate surface area is 136 Å². The van der Waals surface area contributed by atoms with Gasteiger partial charge < -0.3 is 4.98 Å². The van der Waals surface area contributed by atoms with E-state index in [1.54, 1.807) is 47.0 Å². The van der Waals surface area contributed by atoms with Crippen molar-refractivity contribution in [2.45, 2.75) is 4.90 Å². The zero-order valence-electron chi connectivity index (χ0n) is 11.6. The average molecular weight is 348 g/mol. The first-order chi connectivity index (χ1) is 11.0. The van der Waals surface area contributed by atoms with Crippen LogP contribution in [0, 0.1) is 0 Å². The molecule has 0 amide bonds. The summed E-state index contributed by atoms with van der Waals surface area (Å²) in [5.41, 5.74) is 1.19. The van der Waals surface area contributed by atoms with Gasteiger partial charge in [0.05, 0.1) is 0 Å². The molecule has 0 saturated heterocycles. The number of pyridine rings is 1. The van der Waals surface area contributed by atoms with Gasteiger partial charge in [0.15, 0.2) is 5.65 Å². The molecule has 0 saturated carbocycles. The summed E-state index contributed by atoms with van der Waals surface area (Å²) in [6.07, 6.45) is 3.11. The monoisotopic (exact) mass is 347 g/mol. The molecule has 0 bridgehead atoms. The topological polar surface area (TPSA) is 92.2 Å². The third kappa shape index (κ3) is 2.32. The summed E-state index contributed by atoms with van der Waals surface area (Å²) in [5.74, 6) is 0.129. The number of rotatable bonds is 3. The largest absolute Gasteiger partial charge is 0.360 e. The van der Waals surface area contributed by atoms with E-state index in [0.717, 1.165) is 0 Å². The number of anilines is 1. The minimum atomic E-state index is -3.82. The van der Waals surface area contributed by atoms with Gasteiger partial charge >= 0.3 is 0 Å². The van der Waals surface area contributed by atoms with Crippen LogP contribution in [0.2, 0.25) is 5.02 Å². The number of nitrogens with one attached hydrogen (secondary N) is 2. The van der Waals surface area contributed by atoms with Crippen LogP contribution in [-0.2, 0) is 10.0 Å². The van der Waals surface area contributed by atoms with Gasteiger partial charge in [-0.2, -0.15) is 0 Å². The van der Waals surface area contributed by atoms with Gasteiger partial charge in [0.2, 0.25) is 5.95 Å². The molecule has 0 radical (unpaired) electrons. The van der Waals surface area contributed by atoms with Crippen LogP contribution in [0.15, 0.2) is 53.7 Å². The number of sulfonamides is 1. The van der Waals surface area contributed by atoms with Crippen LogP contribution in [0.1, 0.15) is 0 Å². The molecule has 116 valence electrons. The predicted octanol–water partition coefficient (Wildman–Crippen LogP) is 2.66. The summed E-state index contributed by atoms with van der Waals surface area (Å²) < 4.78 is 29.3. The second-order valence-electron chi connectivity index (χ2n) is 4.90. The van der Waals surface area contributed by atoms with Crippen LogP contribution in [0.25, 0.3) is 16.6 Å². The number of aromatic nitrogens is 4. The molecule has 0 spiro atoms. The average Bonchev–Trinajstić information content (AvgIpc) is 3.11. The van der Waals surface area contributed by atoms with Gasteiger partial charge in [0, 0.05) is 28.3 Å². The van der Waals surface area contributed by atoms with Crippen LogP contribution in [0.5, 0.6) is 0 Å². The van der Waals surface area contributed by atoms with E-state index in [9.17, 15) is 8.42 Å². The van der Waals surface area contributed by atoms with Crippen LogP contribution in [0.3, 0.4) is 0 Å². The first-order valence-electron chi connectivity index (χ1n) is 6.64. The Bertz CT molecular complexity index is 1130. The molecule has 0 fully saturated rings. The Morgan fingerprint density at radius 1 is 1.17 bits per heavy atom. The van der Waals surface area contributed by atoms with Crippen molar-refractivity contribution in [1.29, 1.82) is 0 Å². The molecule has 0 aliphatic rings. The highest BCUT2D eigenvalue weighted by atomic mass is 35.5. The Balaban J connectivity index is 1.80. The van der Waals surface area contributed by atoms with Crippen LogP contribution in [0.4, 0.5) is 5.95 Å². The quantitative estimate of drug-likeness (QED) is 0.596. The molecule has 1 aromatic carbocycles. The number of hydrogen-bond donors (Lipinski definition) is 2. The number of halogens is 1. The van der Waals surface area contributed by atoms with E-state index in [0.29, 0.717) is 21.6 Å². The van der Waals surface area contributed by atoms with E-state index >= 15 is 0 Å². The highest BCUT2D eigenvalue weighted by molar-refractivity contribution is 7.93. The lowest BCUT2D eigenvalue weighted by Gasteiger charge is -2.05. The Kier molecular flexibility index (Phi) is 3.03. The van der Waals surface area contributed by atoms with E-state index < -0.39 is 10.0 Å². The van der Waals surface area contributed by atoms with Gasteiger partial charge in [0.25, 0.3) is 10.0 Å². The van der Waals surface area contributed by atoms with Crippen LogP contribution in [-0.4, -0.2) is 28.0 Å². The highest BCUT2D eigenvalue weighted by Gasteiger charge is 2.21. The van der Waals surface area contributed by atoms with Gasteiger partial charge in [0.1, 0.15) is 4.90 Å². The number of nitrogens with zero attached hydrogens (tertiary/aromatic N) is 3. The van der Waals surface area contributed by atoms with E-state index in [1.165, 1.54) is 6.20 Å². The van der Waals surface area contributed by atoms with Gasteiger partial charge in [-0.15, -0.1) is 10.2 Å². The first kappa shape index (κ1) is 14.0. The van der Waals surface area contributed by atoms with Crippen molar-refractivity contribution < 1.29 is 8.42 Å². The number of fused-ring (bicyclic) bond motifs is 2. The van der Waals surface area contributed by atoms with Crippen molar-refractivity contribution >= 4 is 44.1 Å². The summed E-state index contributed by atoms with van der Waals surface area (Å²) in [6.45, 7) is 0. The smallest absolute Gasteiger partial charge is 0.266 e. The molecule has 23 heavy (non-hydrogen) atoms. The lowest BCUT2D eigenvalue weighted by molar-refractivity contribution is 0.601.